The number of ether oxygens (including phenoxy) is 1. The van der Waals surface area contributed by atoms with E-state index < -0.39 is 0 Å². The van der Waals surface area contributed by atoms with Crippen LogP contribution in [0, 0.1) is 0 Å². The molecule has 2 heteroatoms. The van der Waals surface area contributed by atoms with Crippen LogP contribution < -0.4 is 0 Å². The second kappa shape index (κ2) is 10.1. The molecule has 1 aromatic carbocycles. The van der Waals surface area contributed by atoms with E-state index in [9.17, 15) is 0 Å². The van der Waals surface area contributed by atoms with Gasteiger partial charge in [-0.3, -0.25) is 0 Å². The number of halogens is 1. The third kappa shape index (κ3) is 7.39. The summed E-state index contributed by atoms with van der Waals surface area (Å²) in [5, 5.41) is 0.774. The minimum absolute atomic E-state index is 0.151. The molecule has 0 fully saturated rings. The Balaban J connectivity index is 2.05. The van der Waals surface area contributed by atoms with Crippen molar-refractivity contribution < 1.29 is 4.74 Å². The van der Waals surface area contributed by atoms with Gasteiger partial charge in [-0.2, -0.15) is 0 Å². The van der Waals surface area contributed by atoms with Crippen LogP contribution in [0.3, 0.4) is 0 Å². The lowest BCUT2D eigenvalue weighted by Crippen LogP contribution is -2.01. The fraction of sp³-hybridized carbons (Fsp3) is 0.529. The molecule has 0 aliphatic heterocycles. The number of hydrogen-bond donors (Lipinski definition) is 0. The van der Waals surface area contributed by atoms with Gasteiger partial charge in [0, 0.05) is 11.6 Å². The summed E-state index contributed by atoms with van der Waals surface area (Å²) in [5.41, 5.74) is 1.19. The van der Waals surface area contributed by atoms with E-state index in [1.54, 1.807) is 0 Å². The van der Waals surface area contributed by atoms with E-state index in [1.165, 1.54) is 31.2 Å². The van der Waals surface area contributed by atoms with Crippen LogP contribution in [-0.4, -0.2) is 6.61 Å². The molecule has 1 unspecified atom stereocenters. The fourth-order valence-electron chi connectivity index (χ4n) is 2.01. The van der Waals surface area contributed by atoms with Crippen LogP contribution in [-0.2, 0) is 4.74 Å². The van der Waals surface area contributed by atoms with Crippen LogP contribution in [0.2, 0.25) is 5.02 Å². The number of benzene rings is 1. The van der Waals surface area contributed by atoms with Crippen molar-refractivity contribution in [1.82, 2.24) is 0 Å². The van der Waals surface area contributed by atoms with E-state index in [0.29, 0.717) is 0 Å². The lowest BCUT2D eigenvalue weighted by atomic mass is 10.1. The highest BCUT2D eigenvalue weighted by Crippen LogP contribution is 2.19. The molecule has 1 aromatic rings. The normalized spacial score (nSPS) is 12.3. The summed E-state index contributed by atoms with van der Waals surface area (Å²) < 4.78 is 5.84. The van der Waals surface area contributed by atoms with E-state index in [0.717, 1.165) is 24.5 Å². The number of unbranched alkanes of at least 4 members (excludes halogenated alkanes) is 5. The monoisotopic (exact) mass is 280 g/mol. The Kier molecular flexibility index (Phi) is 8.61. The molecule has 0 amide bonds. The van der Waals surface area contributed by atoms with Crippen molar-refractivity contribution in [1.29, 1.82) is 0 Å². The molecule has 0 aliphatic rings. The van der Waals surface area contributed by atoms with Crippen LogP contribution in [0.15, 0.2) is 36.9 Å². The van der Waals surface area contributed by atoms with Crippen molar-refractivity contribution in [2.75, 3.05) is 6.61 Å². The summed E-state index contributed by atoms with van der Waals surface area (Å²) in [6.45, 7) is 6.66. The lowest BCUT2D eigenvalue weighted by molar-refractivity contribution is 0.0627. The Bertz CT molecular complexity index is 345. The quantitative estimate of drug-likeness (QED) is 0.380. The Morgan fingerprint density at radius 3 is 2.42 bits per heavy atom. The summed E-state index contributed by atoms with van der Waals surface area (Å²) in [6.07, 6.45) is 9.56. The van der Waals surface area contributed by atoms with Gasteiger partial charge in [-0.15, -0.1) is 6.58 Å². The van der Waals surface area contributed by atoms with Crippen molar-refractivity contribution >= 4 is 11.6 Å². The van der Waals surface area contributed by atoms with Crippen LogP contribution in [0.25, 0.3) is 0 Å². The van der Waals surface area contributed by atoms with E-state index in [2.05, 4.69) is 13.5 Å². The smallest absolute Gasteiger partial charge is 0.0796 e. The van der Waals surface area contributed by atoms with Gasteiger partial charge in [-0.1, -0.05) is 49.1 Å². The van der Waals surface area contributed by atoms with Gasteiger partial charge in [0.1, 0.15) is 0 Å². The Hall–Kier alpha value is -0.790. The fourth-order valence-corrected chi connectivity index (χ4v) is 2.14. The first-order valence-corrected chi connectivity index (χ1v) is 7.60. The number of hydrogen-bond acceptors (Lipinski definition) is 1. The van der Waals surface area contributed by atoms with Crippen LogP contribution in [0.5, 0.6) is 0 Å². The highest BCUT2D eigenvalue weighted by atomic mass is 35.5. The Morgan fingerprint density at radius 2 is 1.74 bits per heavy atom. The first kappa shape index (κ1) is 16.3. The van der Waals surface area contributed by atoms with E-state index in [-0.39, 0.29) is 6.10 Å². The molecule has 0 radical (unpaired) electrons. The van der Waals surface area contributed by atoms with Gasteiger partial charge in [0.05, 0.1) is 6.10 Å². The van der Waals surface area contributed by atoms with E-state index in [1.807, 2.05) is 30.3 Å². The maximum absolute atomic E-state index is 5.87. The van der Waals surface area contributed by atoms with Crippen molar-refractivity contribution in [2.24, 2.45) is 0 Å². The zero-order chi connectivity index (χ0) is 13.9. The van der Waals surface area contributed by atoms with Crippen molar-refractivity contribution in [3.05, 3.63) is 47.5 Å². The van der Waals surface area contributed by atoms with E-state index in [4.69, 9.17) is 16.3 Å². The van der Waals surface area contributed by atoms with Crippen LogP contribution in [0.1, 0.15) is 57.1 Å². The minimum Gasteiger partial charge on any atom is -0.374 e. The maximum Gasteiger partial charge on any atom is 0.0796 e. The summed E-state index contributed by atoms with van der Waals surface area (Å²) in [4.78, 5) is 0. The summed E-state index contributed by atoms with van der Waals surface area (Å²) in [6, 6.07) is 7.89. The average molecular weight is 281 g/mol. The first-order chi connectivity index (χ1) is 9.24. The largest absolute Gasteiger partial charge is 0.374 e. The molecule has 106 valence electrons. The second-order valence-corrected chi connectivity index (χ2v) is 5.35. The first-order valence-electron chi connectivity index (χ1n) is 7.22. The third-order valence-electron chi connectivity index (χ3n) is 3.26. The van der Waals surface area contributed by atoms with Crippen molar-refractivity contribution in [3.8, 4) is 0 Å². The molecule has 1 atom stereocenters. The van der Waals surface area contributed by atoms with Crippen molar-refractivity contribution in [2.45, 2.75) is 51.6 Å². The SMILES string of the molecule is C=CCCCCCCCOC(C)c1ccc(Cl)cc1. The standard InChI is InChI=1S/C17H25ClO/c1-3-4-5-6-7-8-9-14-19-15(2)16-10-12-17(18)13-11-16/h3,10-13,15H,1,4-9,14H2,2H3. The van der Waals surface area contributed by atoms with Gasteiger partial charge in [0.25, 0.3) is 0 Å². The van der Waals surface area contributed by atoms with Crippen LogP contribution >= 0.6 is 11.6 Å². The molecule has 0 spiro atoms. The lowest BCUT2D eigenvalue weighted by Gasteiger charge is -2.13. The average Bonchev–Trinajstić information content (AvgIpc) is 2.42. The molecule has 1 rings (SSSR count). The maximum atomic E-state index is 5.87. The van der Waals surface area contributed by atoms with Gasteiger partial charge in [0.15, 0.2) is 0 Å². The van der Waals surface area contributed by atoms with Crippen molar-refractivity contribution in [3.63, 3.8) is 0 Å². The number of rotatable bonds is 10. The molecule has 0 N–H and O–H groups in total. The minimum atomic E-state index is 0.151. The van der Waals surface area contributed by atoms with Gasteiger partial charge in [-0.05, 0) is 43.9 Å². The highest BCUT2D eigenvalue weighted by molar-refractivity contribution is 6.30. The molecule has 0 aromatic heterocycles. The van der Waals surface area contributed by atoms with E-state index >= 15 is 0 Å². The topological polar surface area (TPSA) is 9.23 Å². The predicted octanol–water partition coefficient (Wildman–Crippen LogP) is 5.94. The van der Waals surface area contributed by atoms with Gasteiger partial charge in [0.2, 0.25) is 0 Å². The Labute approximate surface area is 122 Å². The summed E-state index contributed by atoms with van der Waals surface area (Å²) >= 11 is 5.87. The summed E-state index contributed by atoms with van der Waals surface area (Å²) in [5.74, 6) is 0. The molecule has 0 aliphatic carbocycles. The number of allylic oxidation sites excluding steroid dienone is 1. The summed E-state index contributed by atoms with van der Waals surface area (Å²) in [7, 11) is 0. The zero-order valence-corrected chi connectivity index (χ0v) is 12.7. The molecule has 1 nitrogen and oxygen atoms in total. The predicted molar refractivity (Wildman–Crippen MR) is 83.7 cm³/mol. The Morgan fingerprint density at radius 1 is 1.11 bits per heavy atom. The molecule has 0 saturated carbocycles. The molecular formula is C17H25ClO. The van der Waals surface area contributed by atoms with Crippen LogP contribution in [0.4, 0.5) is 0 Å². The highest BCUT2D eigenvalue weighted by Gasteiger charge is 2.04. The van der Waals surface area contributed by atoms with Gasteiger partial charge >= 0.3 is 0 Å². The zero-order valence-electron chi connectivity index (χ0n) is 11.9. The molecule has 0 saturated heterocycles. The molecular weight excluding hydrogens is 256 g/mol. The van der Waals surface area contributed by atoms with Gasteiger partial charge in [-0.25, -0.2) is 0 Å². The third-order valence-corrected chi connectivity index (χ3v) is 3.51. The second-order valence-electron chi connectivity index (χ2n) is 4.91. The molecule has 0 heterocycles. The molecule has 0 bridgehead atoms. The molecule has 19 heavy (non-hydrogen) atoms. The van der Waals surface area contributed by atoms with Gasteiger partial charge < -0.3 is 4.74 Å².